The molecule has 1 aromatic heterocycles. The van der Waals surface area contributed by atoms with E-state index in [0.29, 0.717) is 18.1 Å². The molecule has 0 aliphatic rings. The van der Waals surface area contributed by atoms with Crippen LogP contribution in [0.25, 0.3) is 0 Å². The Balaban J connectivity index is 2.27. The summed E-state index contributed by atoms with van der Waals surface area (Å²) in [5.41, 5.74) is 0.416. The van der Waals surface area contributed by atoms with Gasteiger partial charge in [-0.15, -0.1) is 0 Å². The Morgan fingerprint density at radius 2 is 1.83 bits per heavy atom. The van der Waals surface area contributed by atoms with E-state index in [4.69, 9.17) is 11.6 Å². The molecule has 1 amide bonds. The van der Waals surface area contributed by atoms with Crippen LogP contribution in [0.15, 0.2) is 52.3 Å². The van der Waals surface area contributed by atoms with Crippen molar-refractivity contribution in [2.75, 3.05) is 20.1 Å². The molecule has 9 heteroatoms. The Morgan fingerprint density at radius 1 is 1.17 bits per heavy atom. The minimum absolute atomic E-state index is 0.0147. The Hall–Kier alpha value is -2.16. The van der Waals surface area contributed by atoms with E-state index in [1.807, 2.05) is 13.0 Å². The molecule has 1 atom stereocenters. The summed E-state index contributed by atoms with van der Waals surface area (Å²) in [5.74, 6) is -0.322. The first-order chi connectivity index (χ1) is 13.6. The Bertz CT molecular complexity index is 1030. The minimum atomic E-state index is -3.73. The van der Waals surface area contributed by atoms with Crippen LogP contribution in [0.4, 0.5) is 0 Å². The zero-order valence-corrected chi connectivity index (χ0v) is 18.6. The lowest BCUT2D eigenvalue weighted by Crippen LogP contribution is -2.36. The summed E-state index contributed by atoms with van der Waals surface area (Å²) in [5, 5.41) is 0.570. The molecule has 0 radical (unpaired) electrons. The molecule has 0 bridgehead atoms. The van der Waals surface area contributed by atoms with Crippen LogP contribution in [0.5, 0.6) is 0 Å². The fraction of sp³-hybridized carbons (Fsp3) is 0.400. The van der Waals surface area contributed by atoms with Crippen LogP contribution < -0.4 is 5.56 Å². The molecule has 2 rings (SSSR count). The fourth-order valence-electron chi connectivity index (χ4n) is 2.96. The number of rotatable bonds is 8. The lowest BCUT2D eigenvalue weighted by atomic mass is 10.1. The van der Waals surface area contributed by atoms with E-state index >= 15 is 0 Å². The molecule has 1 heterocycles. The lowest BCUT2D eigenvalue weighted by molar-refractivity contribution is -0.132. The number of aromatic nitrogens is 1. The van der Waals surface area contributed by atoms with Gasteiger partial charge in [0.1, 0.15) is 6.54 Å². The van der Waals surface area contributed by atoms with Gasteiger partial charge in [0, 0.05) is 37.4 Å². The zero-order valence-electron chi connectivity index (χ0n) is 17.0. The highest BCUT2D eigenvalue weighted by Gasteiger charge is 2.23. The Labute approximate surface area is 176 Å². The largest absolute Gasteiger partial charge is 0.337 e. The van der Waals surface area contributed by atoms with Crippen LogP contribution in [-0.4, -0.2) is 48.2 Å². The van der Waals surface area contributed by atoms with Crippen LogP contribution in [0, 0.1) is 0 Å². The number of benzene rings is 1. The number of pyridine rings is 1. The van der Waals surface area contributed by atoms with Crippen molar-refractivity contribution in [2.45, 2.75) is 38.3 Å². The summed E-state index contributed by atoms with van der Waals surface area (Å²) in [4.78, 5) is 26.5. The van der Waals surface area contributed by atoms with Gasteiger partial charge < -0.3 is 9.47 Å². The number of nitrogens with zero attached hydrogens (tertiary/aromatic N) is 3. The van der Waals surface area contributed by atoms with E-state index in [2.05, 4.69) is 0 Å². The van der Waals surface area contributed by atoms with Crippen LogP contribution in [-0.2, 0) is 21.4 Å². The van der Waals surface area contributed by atoms with Gasteiger partial charge in [-0.2, -0.15) is 4.31 Å². The summed E-state index contributed by atoms with van der Waals surface area (Å²) in [6.07, 6.45) is 1.23. The molecule has 0 saturated heterocycles. The summed E-state index contributed by atoms with van der Waals surface area (Å²) in [6.45, 7) is 5.71. The highest BCUT2D eigenvalue weighted by atomic mass is 35.5. The van der Waals surface area contributed by atoms with Crippen molar-refractivity contribution in [3.8, 4) is 0 Å². The van der Waals surface area contributed by atoms with Crippen molar-refractivity contribution >= 4 is 27.5 Å². The number of hydrogen-bond donors (Lipinski definition) is 0. The van der Waals surface area contributed by atoms with Gasteiger partial charge in [0.05, 0.1) is 10.9 Å². The first-order valence-corrected chi connectivity index (χ1v) is 11.1. The average molecular weight is 440 g/mol. The Kier molecular flexibility index (Phi) is 7.62. The van der Waals surface area contributed by atoms with Gasteiger partial charge in [0.25, 0.3) is 5.56 Å². The maximum atomic E-state index is 12.7. The van der Waals surface area contributed by atoms with Crippen LogP contribution in [0.1, 0.15) is 32.4 Å². The predicted molar refractivity (Wildman–Crippen MR) is 113 cm³/mol. The predicted octanol–water partition coefficient (Wildman–Crippen LogP) is 2.75. The highest BCUT2D eigenvalue weighted by Crippen LogP contribution is 2.22. The number of hydrogen-bond acceptors (Lipinski definition) is 4. The SMILES string of the molecule is CCN(CC)S(=O)(=O)c1ccc(=O)n(CC(=O)N(C)C(C)c2cccc(Cl)c2)c1. The van der Waals surface area contributed by atoms with E-state index in [9.17, 15) is 18.0 Å². The van der Waals surface area contributed by atoms with Gasteiger partial charge in [-0.05, 0) is 30.7 Å². The topological polar surface area (TPSA) is 79.7 Å². The molecule has 0 aliphatic heterocycles. The normalized spacial score (nSPS) is 12.8. The van der Waals surface area contributed by atoms with Crippen LogP contribution in [0.2, 0.25) is 5.02 Å². The standard InChI is InChI=1S/C20H26ClN3O4S/c1-5-24(6-2)29(27,28)18-10-11-19(25)23(13-18)14-20(26)22(4)15(3)16-8-7-9-17(21)12-16/h7-13,15H,5-6,14H2,1-4H3. The maximum Gasteiger partial charge on any atom is 0.251 e. The number of halogens is 1. The van der Waals surface area contributed by atoms with Crippen molar-refractivity contribution in [3.05, 3.63) is 63.5 Å². The monoisotopic (exact) mass is 439 g/mol. The summed E-state index contributed by atoms with van der Waals surface area (Å²) >= 11 is 6.02. The van der Waals surface area contributed by atoms with Crippen molar-refractivity contribution in [2.24, 2.45) is 0 Å². The summed E-state index contributed by atoms with van der Waals surface area (Å²) in [7, 11) is -2.09. The minimum Gasteiger partial charge on any atom is -0.337 e. The summed E-state index contributed by atoms with van der Waals surface area (Å²) in [6, 6.07) is 9.38. The molecule has 0 fully saturated rings. The second kappa shape index (κ2) is 9.56. The lowest BCUT2D eigenvalue weighted by Gasteiger charge is -2.26. The van der Waals surface area contributed by atoms with E-state index in [1.165, 1.54) is 27.5 Å². The first kappa shape index (κ1) is 23.1. The second-order valence-electron chi connectivity index (χ2n) is 6.66. The number of carbonyl (C=O) groups excluding carboxylic acids is 1. The summed E-state index contributed by atoms with van der Waals surface area (Å²) < 4.78 is 27.8. The molecule has 2 aromatic rings. The molecule has 1 unspecified atom stereocenters. The molecule has 0 N–H and O–H groups in total. The zero-order chi connectivity index (χ0) is 21.8. The van der Waals surface area contributed by atoms with Crippen molar-refractivity contribution in [1.82, 2.24) is 13.8 Å². The Morgan fingerprint density at radius 3 is 2.41 bits per heavy atom. The van der Waals surface area contributed by atoms with Crippen molar-refractivity contribution in [3.63, 3.8) is 0 Å². The van der Waals surface area contributed by atoms with Gasteiger partial charge in [0.15, 0.2) is 0 Å². The number of likely N-dealkylation sites (N-methyl/N-ethyl adjacent to an activating group) is 1. The number of carbonyl (C=O) groups is 1. The number of sulfonamides is 1. The quantitative estimate of drug-likeness (QED) is 0.633. The molecule has 1 aromatic carbocycles. The maximum absolute atomic E-state index is 12.7. The van der Waals surface area contributed by atoms with Crippen LogP contribution in [0.3, 0.4) is 0 Å². The molecule has 29 heavy (non-hydrogen) atoms. The van der Waals surface area contributed by atoms with E-state index < -0.39 is 15.6 Å². The van der Waals surface area contributed by atoms with Gasteiger partial charge in [-0.1, -0.05) is 37.6 Å². The molecule has 0 saturated carbocycles. The third-order valence-electron chi connectivity index (χ3n) is 4.91. The van der Waals surface area contributed by atoms with E-state index in [0.717, 1.165) is 10.1 Å². The van der Waals surface area contributed by atoms with Gasteiger partial charge in [0.2, 0.25) is 15.9 Å². The average Bonchev–Trinajstić information content (AvgIpc) is 2.69. The first-order valence-electron chi connectivity index (χ1n) is 9.33. The second-order valence-corrected chi connectivity index (χ2v) is 9.03. The third kappa shape index (κ3) is 5.26. The molecule has 0 aliphatic carbocycles. The molecule has 158 valence electrons. The van der Waals surface area contributed by atoms with E-state index in [-0.39, 0.29) is 23.4 Å². The van der Waals surface area contributed by atoms with Crippen molar-refractivity contribution in [1.29, 1.82) is 0 Å². The highest BCUT2D eigenvalue weighted by molar-refractivity contribution is 7.89. The van der Waals surface area contributed by atoms with Gasteiger partial charge in [-0.25, -0.2) is 8.42 Å². The van der Waals surface area contributed by atoms with Gasteiger partial charge in [-0.3, -0.25) is 9.59 Å². The van der Waals surface area contributed by atoms with Crippen molar-refractivity contribution < 1.29 is 13.2 Å². The molecular weight excluding hydrogens is 414 g/mol. The van der Waals surface area contributed by atoms with E-state index in [1.54, 1.807) is 39.1 Å². The van der Waals surface area contributed by atoms with Gasteiger partial charge >= 0.3 is 0 Å². The molecule has 7 nitrogen and oxygen atoms in total. The molecule has 0 spiro atoms. The third-order valence-corrected chi connectivity index (χ3v) is 7.18. The fourth-order valence-corrected chi connectivity index (χ4v) is 4.64. The molecular formula is C20H26ClN3O4S. The number of amides is 1. The van der Waals surface area contributed by atoms with Crippen LogP contribution >= 0.6 is 11.6 Å². The smallest absolute Gasteiger partial charge is 0.251 e.